The number of carbonyl (C=O) groups excluding carboxylic acids is 2. The number of anilines is 1. The average molecular weight is 430 g/mol. The Morgan fingerprint density at radius 1 is 0.933 bits per heavy atom. The molecule has 0 aliphatic carbocycles. The highest BCUT2D eigenvalue weighted by Crippen LogP contribution is 2.21. The van der Waals surface area contributed by atoms with E-state index < -0.39 is 10.0 Å². The second-order valence-corrected chi connectivity index (χ2v) is 9.36. The molecule has 0 radical (unpaired) electrons. The predicted molar refractivity (Wildman–Crippen MR) is 116 cm³/mol. The lowest BCUT2D eigenvalue weighted by Crippen LogP contribution is -2.35. The Morgan fingerprint density at radius 3 is 2.13 bits per heavy atom. The van der Waals surface area contributed by atoms with Crippen LogP contribution in [0.3, 0.4) is 0 Å². The van der Waals surface area contributed by atoms with Crippen molar-refractivity contribution >= 4 is 27.5 Å². The van der Waals surface area contributed by atoms with Gasteiger partial charge in [-0.05, 0) is 49.2 Å². The van der Waals surface area contributed by atoms with E-state index in [0.29, 0.717) is 24.3 Å². The summed E-state index contributed by atoms with van der Waals surface area (Å²) in [6, 6.07) is 14.9. The largest absolute Gasteiger partial charge is 0.332 e. The summed E-state index contributed by atoms with van der Waals surface area (Å²) in [6.07, 6.45) is 3.82. The minimum absolute atomic E-state index is 0.110. The number of sulfonamides is 1. The van der Waals surface area contributed by atoms with Crippen molar-refractivity contribution in [3.8, 4) is 0 Å². The Balaban J connectivity index is 1.63. The SMILES string of the molecule is CN(CC(=O)Nc1ccccc1)C(=O)c1ccc(S(=O)(=O)N2CCCCCC2)cc1. The first-order valence-corrected chi connectivity index (χ1v) is 11.5. The van der Waals surface area contributed by atoms with Gasteiger partial charge in [-0.3, -0.25) is 9.59 Å². The molecule has 1 aliphatic heterocycles. The summed E-state index contributed by atoms with van der Waals surface area (Å²) in [7, 11) is -2.02. The Labute approximate surface area is 177 Å². The number of amides is 2. The van der Waals surface area contributed by atoms with E-state index in [1.54, 1.807) is 12.1 Å². The van der Waals surface area contributed by atoms with Gasteiger partial charge in [0.15, 0.2) is 0 Å². The second-order valence-electron chi connectivity index (χ2n) is 7.42. The second kappa shape index (κ2) is 9.86. The highest BCUT2D eigenvalue weighted by molar-refractivity contribution is 7.89. The molecule has 0 aromatic heterocycles. The minimum atomic E-state index is -3.56. The fourth-order valence-corrected chi connectivity index (χ4v) is 4.95. The third-order valence-corrected chi connectivity index (χ3v) is 7.00. The molecule has 1 fully saturated rings. The Morgan fingerprint density at radius 2 is 1.53 bits per heavy atom. The normalized spacial score (nSPS) is 15.2. The molecule has 3 rings (SSSR count). The summed E-state index contributed by atoms with van der Waals surface area (Å²) in [4.78, 5) is 26.3. The maximum atomic E-state index is 12.9. The van der Waals surface area contributed by atoms with Crippen LogP contribution in [0.25, 0.3) is 0 Å². The van der Waals surface area contributed by atoms with Crippen LogP contribution in [0.15, 0.2) is 59.5 Å². The third-order valence-electron chi connectivity index (χ3n) is 5.09. The molecule has 1 saturated heterocycles. The summed E-state index contributed by atoms with van der Waals surface area (Å²) < 4.78 is 27.2. The van der Waals surface area contributed by atoms with Crippen LogP contribution in [0.5, 0.6) is 0 Å². The van der Waals surface area contributed by atoms with Gasteiger partial charge in [0.25, 0.3) is 5.91 Å². The number of rotatable bonds is 6. The fourth-order valence-electron chi connectivity index (χ4n) is 3.43. The summed E-state index contributed by atoms with van der Waals surface area (Å²) in [5.41, 5.74) is 0.992. The number of benzene rings is 2. The highest BCUT2D eigenvalue weighted by Gasteiger charge is 2.25. The number of likely N-dealkylation sites (N-methyl/N-ethyl adjacent to an activating group) is 1. The van der Waals surface area contributed by atoms with Crippen molar-refractivity contribution in [2.24, 2.45) is 0 Å². The molecule has 0 bridgehead atoms. The van der Waals surface area contributed by atoms with Crippen LogP contribution in [-0.4, -0.2) is 56.1 Å². The van der Waals surface area contributed by atoms with E-state index in [1.165, 1.54) is 40.5 Å². The molecule has 0 unspecified atom stereocenters. The molecule has 1 aliphatic rings. The van der Waals surface area contributed by atoms with Gasteiger partial charge in [0.05, 0.1) is 11.4 Å². The predicted octanol–water partition coefficient (Wildman–Crippen LogP) is 2.96. The average Bonchev–Trinajstić information content (AvgIpc) is 3.04. The Hall–Kier alpha value is -2.71. The highest BCUT2D eigenvalue weighted by atomic mass is 32.2. The van der Waals surface area contributed by atoms with E-state index in [9.17, 15) is 18.0 Å². The molecule has 1 N–H and O–H groups in total. The zero-order valence-corrected chi connectivity index (χ0v) is 17.9. The number of carbonyl (C=O) groups is 2. The van der Waals surface area contributed by atoms with Crippen LogP contribution in [0.2, 0.25) is 0 Å². The summed E-state index contributed by atoms with van der Waals surface area (Å²) in [6.45, 7) is 0.951. The number of para-hydroxylation sites is 1. The number of hydrogen-bond donors (Lipinski definition) is 1. The molecule has 1 heterocycles. The Kier molecular flexibility index (Phi) is 7.23. The first kappa shape index (κ1) is 22.0. The lowest BCUT2D eigenvalue weighted by molar-refractivity contribution is -0.116. The number of hydrogen-bond acceptors (Lipinski definition) is 4. The van der Waals surface area contributed by atoms with E-state index >= 15 is 0 Å². The lowest BCUT2D eigenvalue weighted by atomic mass is 10.2. The van der Waals surface area contributed by atoms with E-state index in [4.69, 9.17) is 0 Å². The first-order valence-electron chi connectivity index (χ1n) is 10.1. The molecule has 8 heteroatoms. The molecule has 0 spiro atoms. The van der Waals surface area contributed by atoms with Gasteiger partial charge in [0, 0.05) is 31.4 Å². The van der Waals surface area contributed by atoms with Gasteiger partial charge in [-0.15, -0.1) is 0 Å². The number of nitrogens with zero attached hydrogens (tertiary/aromatic N) is 2. The standard InChI is InChI=1S/C22H27N3O4S/c1-24(17-21(26)23-19-9-5-4-6-10-19)22(27)18-11-13-20(14-12-18)30(28,29)25-15-7-2-3-8-16-25/h4-6,9-14H,2-3,7-8,15-17H2,1H3,(H,23,26). The van der Waals surface area contributed by atoms with Crippen molar-refractivity contribution in [3.05, 3.63) is 60.2 Å². The van der Waals surface area contributed by atoms with E-state index in [0.717, 1.165) is 25.7 Å². The molecule has 160 valence electrons. The molecular weight excluding hydrogens is 402 g/mol. The maximum Gasteiger partial charge on any atom is 0.254 e. The van der Waals surface area contributed by atoms with Crippen LogP contribution in [0.4, 0.5) is 5.69 Å². The van der Waals surface area contributed by atoms with Crippen molar-refractivity contribution in [1.29, 1.82) is 0 Å². The van der Waals surface area contributed by atoms with Crippen LogP contribution < -0.4 is 5.32 Å². The van der Waals surface area contributed by atoms with Crippen LogP contribution in [0, 0.1) is 0 Å². The van der Waals surface area contributed by atoms with Crippen molar-refractivity contribution in [2.75, 3.05) is 32.0 Å². The first-order chi connectivity index (χ1) is 14.4. The van der Waals surface area contributed by atoms with Crippen LogP contribution in [0.1, 0.15) is 36.0 Å². The van der Waals surface area contributed by atoms with Crippen molar-refractivity contribution in [3.63, 3.8) is 0 Å². The van der Waals surface area contributed by atoms with Gasteiger partial charge in [-0.2, -0.15) is 4.31 Å². The molecule has 0 saturated carbocycles. The van der Waals surface area contributed by atoms with Crippen LogP contribution in [-0.2, 0) is 14.8 Å². The fraction of sp³-hybridized carbons (Fsp3) is 0.364. The molecular formula is C22H27N3O4S. The van der Waals surface area contributed by atoms with Gasteiger partial charge in [0.1, 0.15) is 0 Å². The molecule has 7 nitrogen and oxygen atoms in total. The van der Waals surface area contributed by atoms with Gasteiger partial charge in [0.2, 0.25) is 15.9 Å². The zero-order chi connectivity index (χ0) is 21.6. The van der Waals surface area contributed by atoms with Gasteiger partial charge in [-0.1, -0.05) is 31.0 Å². The van der Waals surface area contributed by atoms with Crippen LogP contribution >= 0.6 is 0 Å². The molecule has 2 aromatic rings. The Bertz CT molecular complexity index is 967. The lowest BCUT2D eigenvalue weighted by Gasteiger charge is -2.20. The topological polar surface area (TPSA) is 86.8 Å². The minimum Gasteiger partial charge on any atom is -0.332 e. The molecule has 2 aromatic carbocycles. The van der Waals surface area contributed by atoms with Crippen molar-refractivity contribution in [1.82, 2.24) is 9.21 Å². The van der Waals surface area contributed by atoms with E-state index in [2.05, 4.69) is 5.32 Å². The van der Waals surface area contributed by atoms with E-state index in [1.807, 2.05) is 18.2 Å². The van der Waals surface area contributed by atoms with Gasteiger partial charge in [-0.25, -0.2) is 8.42 Å². The molecule has 2 amide bonds. The van der Waals surface area contributed by atoms with Gasteiger partial charge >= 0.3 is 0 Å². The summed E-state index contributed by atoms with van der Waals surface area (Å²) in [5, 5.41) is 2.73. The quantitative estimate of drug-likeness (QED) is 0.765. The zero-order valence-electron chi connectivity index (χ0n) is 17.1. The molecule has 0 atom stereocenters. The maximum absolute atomic E-state index is 12.9. The number of nitrogens with one attached hydrogen (secondary N) is 1. The molecule has 30 heavy (non-hydrogen) atoms. The summed E-state index contributed by atoms with van der Waals surface area (Å²) in [5.74, 6) is -0.658. The van der Waals surface area contributed by atoms with Crippen molar-refractivity contribution < 1.29 is 18.0 Å². The third kappa shape index (κ3) is 5.46. The van der Waals surface area contributed by atoms with Crippen molar-refractivity contribution in [2.45, 2.75) is 30.6 Å². The summed E-state index contributed by atoms with van der Waals surface area (Å²) >= 11 is 0. The van der Waals surface area contributed by atoms with E-state index in [-0.39, 0.29) is 23.3 Å². The smallest absolute Gasteiger partial charge is 0.254 e. The monoisotopic (exact) mass is 429 g/mol. The van der Waals surface area contributed by atoms with Gasteiger partial charge < -0.3 is 10.2 Å².